The maximum atomic E-state index is 12.6. The number of hydrogen-bond acceptors (Lipinski definition) is 3. The molecule has 46 heavy (non-hydrogen) atoms. The number of carbonyl (C=O) groups is 3. The van der Waals surface area contributed by atoms with Gasteiger partial charge in [-0.3, -0.25) is 4.48 Å². The van der Waals surface area contributed by atoms with Crippen LogP contribution >= 0.6 is 0 Å². The highest BCUT2D eigenvalue weighted by atomic mass is 16.4. The van der Waals surface area contributed by atoms with Gasteiger partial charge in [-0.1, -0.05) is 136 Å². The molecule has 0 rings (SSSR count). The average Bonchev–Trinajstić information content (AvgIpc) is 3.02. The maximum Gasteiger partial charge on any atom is 0.362 e. The fourth-order valence-electron chi connectivity index (χ4n) is 7.41. The first-order valence-corrected chi connectivity index (χ1v) is 19.4. The maximum absolute atomic E-state index is 12.6. The Morgan fingerprint density at radius 1 is 0.457 bits per heavy atom. The minimum atomic E-state index is -1.08. The number of rotatable bonds is 34. The Bertz CT molecular complexity index is 738. The minimum absolute atomic E-state index is 0.272. The Hall–Kier alpha value is -1.89. The van der Waals surface area contributed by atoms with Crippen molar-refractivity contribution in [3.63, 3.8) is 0 Å². The summed E-state index contributed by atoms with van der Waals surface area (Å²) in [7, 11) is 0. The van der Waals surface area contributed by atoms with Gasteiger partial charge >= 0.3 is 17.9 Å². The zero-order chi connectivity index (χ0) is 34.5. The number of aliphatic carboxylic acids is 3. The second-order valence-electron chi connectivity index (χ2n) is 13.7. The summed E-state index contributed by atoms with van der Waals surface area (Å²) in [5.74, 6) is -3.24. The number of allylic oxidation sites excluding steroid dienone is 2. The highest BCUT2D eigenvalue weighted by Crippen LogP contribution is 2.34. The van der Waals surface area contributed by atoms with Crippen LogP contribution in [-0.2, 0) is 14.4 Å². The number of quaternary nitrogens is 1. The van der Waals surface area contributed by atoms with Gasteiger partial charge < -0.3 is 15.3 Å². The molecule has 0 spiro atoms. The molecule has 0 aromatic rings. The summed E-state index contributed by atoms with van der Waals surface area (Å²) < 4.78 is -0.368. The van der Waals surface area contributed by atoms with Crippen LogP contribution in [0, 0.1) is 0 Å². The number of hydrogen-bond donors (Lipinski definition) is 3. The Morgan fingerprint density at radius 3 is 1.00 bits per heavy atom. The molecule has 3 N–H and O–H groups in total. The van der Waals surface area contributed by atoms with Crippen molar-refractivity contribution in [1.82, 2.24) is 0 Å². The summed E-state index contributed by atoms with van der Waals surface area (Å²) in [6, 6.07) is -3.13. The van der Waals surface area contributed by atoms with Crippen LogP contribution < -0.4 is 0 Å². The zero-order valence-corrected chi connectivity index (χ0v) is 30.5. The zero-order valence-electron chi connectivity index (χ0n) is 30.5. The lowest BCUT2D eigenvalue weighted by molar-refractivity contribution is -0.973. The molecule has 0 aromatic carbocycles. The van der Waals surface area contributed by atoms with E-state index in [1.165, 1.54) is 96.3 Å². The fraction of sp³-hybridized carbons (Fsp3) is 0.872. The highest BCUT2D eigenvalue weighted by Gasteiger charge is 2.56. The first kappa shape index (κ1) is 44.1. The van der Waals surface area contributed by atoms with Gasteiger partial charge in [0.15, 0.2) is 18.1 Å². The summed E-state index contributed by atoms with van der Waals surface area (Å²) in [6.45, 7) is 8.12. The second-order valence-corrected chi connectivity index (χ2v) is 13.7. The van der Waals surface area contributed by atoms with E-state index in [9.17, 15) is 29.7 Å². The van der Waals surface area contributed by atoms with E-state index in [0.717, 1.165) is 25.7 Å². The molecule has 0 saturated heterocycles. The SMILES string of the molecule is CC/C=C/CCCCCCCCCCCCCCCCCCCC[N+](C(CCC)C(=O)O)(C(CCC)C(=O)O)C(CCC)C(=O)O. The van der Waals surface area contributed by atoms with Crippen LogP contribution in [0.1, 0.15) is 195 Å². The third kappa shape index (κ3) is 18.4. The van der Waals surface area contributed by atoms with Crippen LogP contribution in [0.5, 0.6) is 0 Å². The van der Waals surface area contributed by atoms with Crippen LogP contribution in [0.2, 0.25) is 0 Å². The second kappa shape index (κ2) is 29.3. The van der Waals surface area contributed by atoms with Crippen LogP contribution in [0.15, 0.2) is 12.2 Å². The lowest BCUT2D eigenvalue weighted by atomic mass is 9.91. The normalized spacial score (nSPS) is 15.0. The summed E-state index contributed by atoms with van der Waals surface area (Å²) >= 11 is 0. The fourth-order valence-corrected chi connectivity index (χ4v) is 7.41. The first-order valence-electron chi connectivity index (χ1n) is 19.4. The third-order valence-electron chi connectivity index (χ3n) is 9.85. The van der Waals surface area contributed by atoms with Gasteiger partial charge in [-0.2, -0.15) is 0 Å². The van der Waals surface area contributed by atoms with E-state index in [4.69, 9.17) is 0 Å². The molecule has 0 fully saturated rings. The smallest absolute Gasteiger partial charge is 0.362 e. The highest BCUT2D eigenvalue weighted by molar-refractivity contribution is 5.78. The molecule has 3 unspecified atom stereocenters. The first-order chi connectivity index (χ1) is 22.2. The Morgan fingerprint density at radius 2 is 0.739 bits per heavy atom. The van der Waals surface area contributed by atoms with Gasteiger partial charge in [-0.25, -0.2) is 14.4 Å². The van der Waals surface area contributed by atoms with Gasteiger partial charge in [0.2, 0.25) is 0 Å². The number of nitrogens with zero attached hydrogens (tertiary/aromatic N) is 1. The van der Waals surface area contributed by atoms with Crippen LogP contribution in [-0.4, -0.2) is 62.4 Å². The molecular weight excluding hydrogens is 578 g/mol. The van der Waals surface area contributed by atoms with E-state index >= 15 is 0 Å². The molecule has 3 atom stereocenters. The lowest BCUT2D eigenvalue weighted by Crippen LogP contribution is -2.72. The van der Waals surface area contributed by atoms with E-state index in [1.807, 2.05) is 20.8 Å². The van der Waals surface area contributed by atoms with Crippen molar-refractivity contribution in [2.75, 3.05) is 6.54 Å². The average molecular weight is 653 g/mol. The molecule has 270 valence electrons. The van der Waals surface area contributed by atoms with E-state index in [0.29, 0.717) is 25.7 Å². The van der Waals surface area contributed by atoms with Gasteiger partial charge in [0.05, 0.1) is 6.54 Å². The molecule has 7 heteroatoms. The topological polar surface area (TPSA) is 112 Å². The van der Waals surface area contributed by atoms with Crippen molar-refractivity contribution in [3.8, 4) is 0 Å². The molecule has 0 radical (unpaired) electrons. The van der Waals surface area contributed by atoms with Crippen molar-refractivity contribution >= 4 is 17.9 Å². The molecule has 0 saturated carbocycles. The minimum Gasteiger partial charge on any atom is -0.477 e. The summed E-state index contributed by atoms with van der Waals surface area (Å²) in [4.78, 5) is 37.9. The van der Waals surface area contributed by atoms with Crippen molar-refractivity contribution < 1.29 is 34.2 Å². The summed E-state index contributed by atoms with van der Waals surface area (Å²) in [6.07, 6.45) is 31.8. The predicted octanol–water partition coefficient (Wildman–Crippen LogP) is 10.9. The lowest BCUT2D eigenvalue weighted by Gasteiger charge is -2.50. The Labute approximate surface area is 283 Å². The quantitative estimate of drug-likeness (QED) is 0.0362. The molecule has 7 nitrogen and oxygen atoms in total. The third-order valence-corrected chi connectivity index (χ3v) is 9.85. The van der Waals surface area contributed by atoms with Crippen molar-refractivity contribution in [3.05, 3.63) is 12.2 Å². The van der Waals surface area contributed by atoms with Gasteiger partial charge in [-0.15, -0.1) is 0 Å². The molecule has 0 bridgehead atoms. The van der Waals surface area contributed by atoms with E-state index in [1.54, 1.807) is 0 Å². The Kier molecular flexibility index (Phi) is 28.1. The Balaban J connectivity index is 4.55. The van der Waals surface area contributed by atoms with Crippen molar-refractivity contribution in [2.45, 2.75) is 213 Å². The number of carboxylic acid groups (broad SMARTS) is 3. The molecule has 0 aliphatic heterocycles. The monoisotopic (exact) mass is 653 g/mol. The molecule has 0 amide bonds. The van der Waals surface area contributed by atoms with Crippen LogP contribution in [0.4, 0.5) is 0 Å². The molecular formula is C39H74NO6+. The van der Waals surface area contributed by atoms with Gasteiger partial charge in [-0.05, 0) is 51.4 Å². The summed E-state index contributed by atoms with van der Waals surface area (Å²) in [5.41, 5.74) is 0. The van der Waals surface area contributed by atoms with Crippen molar-refractivity contribution in [1.29, 1.82) is 0 Å². The molecule has 0 aliphatic rings. The number of unbranched alkanes of at least 4 members (excludes halogenated alkanes) is 18. The van der Waals surface area contributed by atoms with E-state index in [-0.39, 0.29) is 30.3 Å². The van der Waals surface area contributed by atoms with E-state index in [2.05, 4.69) is 19.1 Å². The summed E-state index contributed by atoms with van der Waals surface area (Å²) in [5, 5.41) is 30.9. The molecule has 0 heterocycles. The van der Waals surface area contributed by atoms with E-state index < -0.39 is 36.0 Å². The van der Waals surface area contributed by atoms with Crippen molar-refractivity contribution in [2.24, 2.45) is 0 Å². The van der Waals surface area contributed by atoms with Gasteiger partial charge in [0, 0.05) is 19.3 Å². The van der Waals surface area contributed by atoms with Crippen LogP contribution in [0.3, 0.4) is 0 Å². The molecule has 0 aliphatic carbocycles. The number of carboxylic acids is 3. The largest absolute Gasteiger partial charge is 0.477 e. The van der Waals surface area contributed by atoms with Gasteiger partial charge in [0.1, 0.15) is 0 Å². The van der Waals surface area contributed by atoms with Crippen LogP contribution in [0.25, 0.3) is 0 Å². The standard InChI is InChI=1S/C39H73NO6/c1-5-9-10-11-12-13-14-15-16-17-18-19-20-21-22-23-24-25-26-27-28-29-33-40(34(30-6-2)37(41)42,35(31-7-3)38(43)44)36(32-8-4)39(45)46/h9-10,34-36H,5-8,11-33H2,1-4H3,(H2-,41,42,43,44,45,46)/p+1/b10-9+. The van der Waals surface area contributed by atoms with Gasteiger partial charge in [0.25, 0.3) is 0 Å². The predicted molar refractivity (Wildman–Crippen MR) is 191 cm³/mol. The molecule has 0 aromatic heterocycles.